The molecule has 1 aromatic carbocycles. The molecule has 0 aliphatic heterocycles. The predicted octanol–water partition coefficient (Wildman–Crippen LogP) is 5.34. The van der Waals surface area contributed by atoms with Gasteiger partial charge >= 0.3 is 0 Å². The van der Waals surface area contributed by atoms with Gasteiger partial charge in [-0.15, -0.1) is 0 Å². The average molecular weight is 486 g/mol. The number of hydrogen-bond donors (Lipinski definition) is 2. The minimum absolute atomic E-state index is 0.0136. The molecule has 0 radical (unpaired) electrons. The number of nitrogens with one attached hydrogen (secondary N) is 2. The number of hydrogen-bond acceptors (Lipinski definition) is 6. The molecule has 1 atom stereocenters. The molecule has 1 aliphatic carbocycles. The molecule has 178 valence electrons. The second-order valence-electron chi connectivity index (χ2n) is 10.3. The van der Waals surface area contributed by atoms with E-state index in [-0.39, 0.29) is 5.04 Å². The van der Waals surface area contributed by atoms with Gasteiger partial charge in [-0.2, -0.15) is 5.10 Å². The zero-order chi connectivity index (χ0) is 23.9. The van der Waals surface area contributed by atoms with Gasteiger partial charge in [0.05, 0.1) is 16.5 Å². The Morgan fingerprint density at radius 1 is 1.18 bits per heavy atom. The Morgan fingerprint density at radius 2 is 1.88 bits per heavy atom. The van der Waals surface area contributed by atoms with Gasteiger partial charge < -0.3 is 5.32 Å². The van der Waals surface area contributed by atoms with E-state index in [1.165, 1.54) is 12.8 Å². The van der Waals surface area contributed by atoms with Gasteiger partial charge in [0.25, 0.3) is 0 Å². The smallest absolute Gasteiger partial charge is 0.195 e. The Kier molecular flexibility index (Phi) is 6.36. The number of anilines is 2. The Hall–Kier alpha value is -2.30. The van der Waals surface area contributed by atoms with Gasteiger partial charge in [-0.1, -0.05) is 20.8 Å². The van der Waals surface area contributed by atoms with Crippen LogP contribution in [0.3, 0.4) is 0 Å². The van der Waals surface area contributed by atoms with Crippen molar-refractivity contribution in [3.05, 3.63) is 36.8 Å². The molecule has 10 heteroatoms. The number of benzene rings is 1. The molecule has 8 nitrogen and oxygen atoms in total. The molecule has 2 heterocycles. The maximum Gasteiger partial charge on any atom is 0.195 e. The number of fused-ring (bicyclic) bond motifs is 1. The second-order valence-corrected chi connectivity index (χ2v) is 17.4. The second kappa shape index (κ2) is 8.81. The third-order valence-electron chi connectivity index (χ3n) is 6.63. The largest absolute Gasteiger partial charge is 0.340 e. The molecule has 1 fully saturated rings. The molecule has 2 N–H and O–H groups in total. The minimum atomic E-state index is -2.72. The first-order valence-electron chi connectivity index (χ1n) is 11.6. The van der Waals surface area contributed by atoms with E-state index < -0.39 is 18.2 Å². The van der Waals surface area contributed by atoms with Gasteiger partial charge in [0.15, 0.2) is 13.9 Å². The summed E-state index contributed by atoms with van der Waals surface area (Å²) in [5.41, 5.74) is 1.66. The minimum Gasteiger partial charge on any atom is -0.340 e. The van der Waals surface area contributed by atoms with Gasteiger partial charge in [-0.3, -0.25) is 4.03 Å². The fourth-order valence-corrected chi connectivity index (χ4v) is 8.74. The van der Waals surface area contributed by atoms with E-state index in [0.29, 0.717) is 11.7 Å². The first kappa shape index (κ1) is 23.8. The maximum absolute atomic E-state index is 14.2. The van der Waals surface area contributed by atoms with Gasteiger partial charge in [0.2, 0.25) is 0 Å². The van der Waals surface area contributed by atoms with Crippen LogP contribution in [0.25, 0.3) is 11.0 Å². The lowest BCUT2D eigenvalue weighted by Gasteiger charge is -2.33. The molecule has 1 unspecified atom stereocenters. The summed E-state index contributed by atoms with van der Waals surface area (Å²) in [5.74, 6) is 1.32. The normalized spacial score (nSPS) is 16.5. The van der Waals surface area contributed by atoms with Gasteiger partial charge in [-0.25, -0.2) is 23.6 Å². The zero-order valence-corrected chi connectivity index (χ0v) is 22.2. The number of aryl methyl sites for hydroxylation is 1. The summed E-state index contributed by atoms with van der Waals surface area (Å²) in [4.78, 5) is 9.47. The Labute approximate surface area is 198 Å². The van der Waals surface area contributed by atoms with Crippen molar-refractivity contribution in [3.63, 3.8) is 0 Å². The molecule has 0 bridgehead atoms. The quantitative estimate of drug-likeness (QED) is 0.420. The summed E-state index contributed by atoms with van der Waals surface area (Å²) in [6, 6.07) is 7.70. The molecular weight excluding hydrogens is 450 g/mol. The highest BCUT2D eigenvalue weighted by Crippen LogP contribution is 2.38. The van der Waals surface area contributed by atoms with Crippen molar-refractivity contribution in [1.82, 2.24) is 24.5 Å². The predicted molar refractivity (Wildman–Crippen MR) is 137 cm³/mol. The molecule has 3 aromatic rings. The number of rotatable bonds is 8. The van der Waals surface area contributed by atoms with Crippen LogP contribution in [0.1, 0.15) is 40.5 Å². The van der Waals surface area contributed by atoms with Crippen molar-refractivity contribution in [2.45, 2.75) is 70.1 Å². The van der Waals surface area contributed by atoms with Crippen LogP contribution in [-0.4, -0.2) is 38.7 Å². The third-order valence-corrected chi connectivity index (χ3v) is 14.6. The first-order chi connectivity index (χ1) is 15.5. The van der Waals surface area contributed by atoms with Crippen molar-refractivity contribution in [3.8, 4) is 0 Å². The molecule has 0 saturated heterocycles. The van der Waals surface area contributed by atoms with E-state index in [1.54, 1.807) is 12.5 Å². The summed E-state index contributed by atoms with van der Waals surface area (Å²) in [7, 11) is -4.85. The van der Waals surface area contributed by atoms with Crippen LogP contribution in [0.5, 0.6) is 0 Å². The highest BCUT2D eigenvalue weighted by atomic mass is 32.2. The van der Waals surface area contributed by atoms with E-state index >= 15 is 0 Å². The third kappa shape index (κ3) is 5.12. The van der Waals surface area contributed by atoms with Gasteiger partial charge in [0.1, 0.15) is 22.1 Å². The standard InChI is InChI=1S/C23H35N7OSSi/c1-7-30-22-20(15-26-30)21(24-16-25-22)28-18-10-12-19(13-11-18)32(31,27-14-17-8-9-17)29-33(5,6)23(2,3)4/h10-13,15-17H,7-9,14H2,1-6H3,(H,24,25,28)(H,27,29,31). The summed E-state index contributed by atoms with van der Waals surface area (Å²) in [5, 5.41) is 8.61. The Balaban J connectivity index is 1.64. The van der Waals surface area contributed by atoms with Crippen molar-refractivity contribution in [2.75, 3.05) is 11.9 Å². The average Bonchev–Trinajstić information content (AvgIpc) is 3.49. The van der Waals surface area contributed by atoms with Crippen molar-refractivity contribution in [1.29, 1.82) is 0 Å². The summed E-state index contributed by atoms with van der Waals surface area (Å²) >= 11 is 0. The summed E-state index contributed by atoms with van der Waals surface area (Å²) in [6.07, 6.45) is 5.72. The number of aromatic nitrogens is 4. The van der Waals surface area contributed by atoms with Gasteiger partial charge in [-0.05, 0) is 68.1 Å². The Bertz CT molecular complexity index is 1250. The van der Waals surface area contributed by atoms with Crippen molar-refractivity contribution in [2.24, 2.45) is 9.95 Å². The molecular formula is C23H35N7OSSi. The fourth-order valence-electron chi connectivity index (χ4n) is 3.26. The van der Waals surface area contributed by atoms with Crippen LogP contribution < -0.4 is 10.0 Å². The number of nitrogens with zero attached hydrogens (tertiary/aromatic N) is 5. The van der Waals surface area contributed by atoms with E-state index in [2.05, 4.69) is 59.0 Å². The SMILES string of the molecule is CCn1ncc2c(Nc3ccc(S(=O)(=N[Si](C)(C)C(C)(C)C)NCC4CC4)cc3)ncnc21. The lowest BCUT2D eigenvalue weighted by Crippen LogP contribution is -2.39. The topological polar surface area (TPSA) is 97.1 Å². The van der Waals surface area contributed by atoms with Crippen LogP contribution in [0.4, 0.5) is 11.5 Å². The van der Waals surface area contributed by atoms with Crippen LogP contribution in [-0.2, 0) is 16.5 Å². The van der Waals surface area contributed by atoms with Crippen LogP contribution in [0, 0.1) is 5.92 Å². The molecule has 2 aromatic heterocycles. The van der Waals surface area contributed by atoms with Crippen molar-refractivity contribution < 1.29 is 4.21 Å². The van der Waals surface area contributed by atoms with E-state index in [4.69, 9.17) is 4.03 Å². The Morgan fingerprint density at radius 3 is 2.48 bits per heavy atom. The zero-order valence-electron chi connectivity index (χ0n) is 20.4. The fraction of sp³-hybridized carbons (Fsp3) is 0.522. The molecule has 1 aliphatic rings. The molecule has 0 spiro atoms. The van der Waals surface area contributed by atoms with Crippen molar-refractivity contribution >= 4 is 40.7 Å². The molecule has 1 saturated carbocycles. The highest BCUT2D eigenvalue weighted by molar-refractivity contribution is 7.92. The molecule has 0 amide bonds. The van der Waals surface area contributed by atoms with Crippen LogP contribution in [0.15, 0.2) is 45.7 Å². The molecule has 4 rings (SSSR count). The van der Waals surface area contributed by atoms with E-state index in [0.717, 1.165) is 34.7 Å². The van der Waals surface area contributed by atoms with E-state index in [1.807, 2.05) is 35.9 Å². The lowest BCUT2D eigenvalue weighted by atomic mass is 10.2. The lowest BCUT2D eigenvalue weighted by molar-refractivity contribution is 0.656. The van der Waals surface area contributed by atoms with Crippen LogP contribution >= 0.6 is 0 Å². The summed E-state index contributed by atoms with van der Waals surface area (Å²) in [6.45, 7) is 14.5. The molecule has 33 heavy (non-hydrogen) atoms. The maximum atomic E-state index is 14.2. The van der Waals surface area contributed by atoms with Crippen LogP contribution in [0.2, 0.25) is 18.1 Å². The highest BCUT2D eigenvalue weighted by Gasteiger charge is 2.38. The first-order valence-corrected chi connectivity index (χ1v) is 16.1. The van der Waals surface area contributed by atoms with E-state index in [9.17, 15) is 4.21 Å². The monoisotopic (exact) mass is 485 g/mol. The summed E-state index contributed by atoms with van der Waals surface area (Å²) < 4.78 is 24.4. The van der Waals surface area contributed by atoms with Gasteiger partial charge in [0, 0.05) is 18.8 Å².